The lowest BCUT2D eigenvalue weighted by Gasteiger charge is -2.48. The molecule has 1 aromatic carbocycles. The molecule has 2 fully saturated rings. The SMILES string of the molecule is CC1(N2CCCCC2)CCN(c2nnc(-c3ccc(C#N)cc3)s2)CC1. The van der Waals surface area contributed by atoms with Crippen LogP contribution in [0.2, 0.25) is 0 Å². The Hall–Kier alpha value is -1.97. The number of nitrogens with zero attached hydrogens (tertiary/aromatic N) is 5. The van der Waals surface area contributed by atoms with Gasteiger partial charge in [0.1, 0.15) is 5.01 Å². The molecular formula is C20H25N5S. The zero-order valence-electron chi connectivity index (χ0n) is 15.3. The standard InChI is InChI=1S/C20H25N5S/c1-20(25-11-3-2-4-12-25)9-13-24(14-10-20)19-23-22-18(26-19)17-7-5-16(15-21)6-8-17/h5-8H,2-4,9-14H2,1H3. The Morgan fingerprint density at radius 1 is 1.00 bits per heavy atom. The summed E-state index contributed by atoms with van der Waals surface area (Å²) in [6, 6.07) is 9.72. The maximum atomic E-state index is 8.92. The summed E-state index contributed by atoms with van der Waals surface area (Å²) in [6.45, 7) is 7.07. The first-order valence-corrected chi connectivity index (χ1v) is 10.3. The van der Waals surface area contributed by atoms with Crippen LogP contribution in [-0.2, 0) is 0 Å². The number of aromatic nitrogens is 2. The molecule has 0 unspecified atom stereocenters. The summed E-state index contributed by atoms with van der Waals surface area (Å²) in [6.07, 6.45) is 6.48. The Morgan fingerprint density at radius 2 is 1.69 bits per heavy atom. The third-order valence-electron chi connectivity index (χ3n) is 5.91. The molecule has 0 N–H and O–H groups in total. The minimum absolute atomic E-state index is 0.345. The third-order valence-corrected chi connectivity index (χ3v) is 6.94. The van der Waals surface area contributed by atoms with Crippen molar-refractivity contribution >= 4 is 16.5 Å². The molecule has 2 aliphatic rings. The zero-order chi connectivity index (χ0) is 18.0. The number of rotatable bonds is 3. The van der Waals surface area contributed by atoms with Crippen LogP contribution in [-0.4, -0.2) is 46.8 Å². The summed E-state index contributed by atoms with van der Waals surface area (Å²) in [5, 5.41) is 19.7. The van der Waals surface area contributed by atoms with Gasteiger partial charge in [-0.3, -0.25) is 4.90 Å². The molecule has 5 nitrogen and oxygen atoms in total. The predicted octanol–water partition coefficient (Wildman–Crippen LogP) is 3.92. The van der Waals surface area contributed by atoms with E-state index in [0.29, 0.717) is 11.1 Å². The van der Waals surface area contributed by atoms with E-state index in [4.69, 9.17) is 5.26 Å². The van der Waals surface area contributed by atoms with Gasteiger partial charge in [-0.25, -0.2) is 0 Å². The second kappa shape index (κ2) is 7.34. The molecule has 3 heterocycles. The summed E-state index contributed by atoms with van der Waals surface area (Å²) >= 11 is 1.65. The van der Waals surface area contributed by atoms with Crippen molar-refractivity contribution in [2.75, 3.05) is 31.1 Å². The lowest BCUT2D eigenvalue weighted by atomic mass is 9.86. The fraction of sp³-hybridized carbons (Fsp3) is 0.550. The van der Waals surface area contributed by atoms with E-state index in [2.05, 4.69) is 33.0 Å². The molecule has 1 aromatic heterocycles. The molecule has 0 aliphatic carbocycles. The molecule has 0 atom stereocenters. The Labute approximate surface area is 159 Å². The van der Waals surface area contributed by atoms with Crippen LogP contribution in [0.5, 0.6) is 0 Å². The molecule has 0 saturated carbocycles. The van der Waals surface area contributed by atoms with Crippen LogP contribution in [0.1, 0.15) is 44.6 Å². The molecular weight excluding hydrogens is 342 g/mol. The van der Waals surface area contributed by atoms with Crippen LogP contribution in [0.3, 0.4) is 0 Å². The van der Waals surface area contributed by atoms with Crippen molar-refractivity contribution in [2.45, 2.75) is 44.6 Å². The summed E-state index contributed by atoms with van der Waals surface area (Å²) in [5.74, 6) is 0. The van der Waals surface area contributed by atoms with Gasteiger partial charge in [0.05, 0.1) is 11.6 Å². The van der Waals surface area contributed by atoms with Gasteiger partial charge in [-0.1, -0.05) is 29.9 Å². The van der Waals surface area contributed by atoms with Crippen molar-refractivity contribution in [3.8, 4) is 16.6 Å². The topological polar surface area (TPSA) is 56.1 Å². The number of anilines is 1. The van der Waals surface area contributed by atoms with Crippen molar-refractivity contribution in [2.24, 2.45) is 0 Å². The molecule has 0 amide bonds. The summed E-state index contributed by atoms with van der Waals surface area (Å²) < 4.78 is 0. The molecule has 2 aliphatic heterocycles. The number of likely N-dealkylation sites (tertiary alicyclic amines) is 1. The summed E-state index contributed by atoms with van der Waals surface area (Å²) in [5.41, 5.74) is 2.05. The molecule has 26 heavy (non-hydrogen) atoms. The number of benzene rings is 1. The highest BCUT2D eigenvalue weighted by Gasteiger charge is 2.36. The minimum Gasteiger partial charge on any atom is -0.347 e. The quantitative estimate of drug-likeness (QED) is 0.823. The lowest BCUT2D eigenvalue weighted by molar-refractivity contribution is 0.0593. The second-order valence-corrected chi connectivity index (χ2v) is 8.57. The van der Waals surface area contributed by atoms with Crippen molar-refractivity contribution in [3.63, 3.8) is 0 Å². The maximum absolute atomic E-state index is 8.92. The number of nitriles is 1. The Bertz CT molecular complexity index is 777. The van der Waals surface area contributed by atoms with Crippen molar-refractivity contribution in [1.82, 2.24) is 15.1 Å². The highest BCUT2D eigenvalue weighted by Crippen LogP contribution is 2.35. The lowest BCUT2D eigenvalue weighted by Crippen LogP contribution is -2.55. The zero-order valence-corrected chi connectivity index (χ0v) is 16.1. The Kier molecular flexibility index (Phi) is 4.92. The van der Waals surface area contributed by atoms with Crippen molar-refractivity contribution in [3.05, 3.63) is 29.8 Å². The summed E-state index contributed by atoms with van der Waals surface area (Å²) in [4.78, 5) is 5.10. The largest absolute Gasteiger partial charge is 0.347 e. The summed E-state index contributed by atoms with van der Waals surface area (Å²) in [7, 11) is 0. The number of hydrogen-bond acceptors (Lipinski definition) is 6. The van der Waals surface area contributed by atoms with Gasteiger partial charge in [0.2, 0.25) is 5.13 Å². The van der Waals surface area contributed by atoms with Gasteiger partial charge in [0.25, 0.3) is 0 Å². The van der Waals surface area contributed by atoms with E-state index in [1.807, 2.05) is 24.3 Å². The molecule has 4 rings (SSSR count). The average molecular weight is 368 g/mol. The molecule has 6 heteroatoms. The predicted molar refractivity (Wildman–Crippen MR) is 105 cm³/mol. The van der Waals surface area contributed by atoms with Crippen molar-refractivity contribution < 1.29 is 0 Å². The van der Waals surface area contributed by atoms with Crippen LogP contribution in [0, 0.1) is 11.3 Å². The monoisotopic (exact) mass is 367 g/mol. The van der Waals surface area contributed by atoms with E-state index in [1.54, 1.807) is 11.3 Å². The minimum atomic E-state index is 0.345. The first-order valence-electron chi connectivity index (χ1n) is 9.52. The molecule has 2 aromatic rings. The molecule has 136 valence electrons. The van der Waals surface area contributed by atoms with E-state index < -0.39 is 0 Å². The Morgan fingerprint density at radius 3 is 2.35 bits per heavy atom. The third kappa shape index (κ3) is 3.46. The van der Waals surface area contributed by atoms with Gasteiger partial charge >= 0.3 is 0 Å². The fourth-order valence-corrected chi connectivity index (χ4v) is 4.98. The van der Waals surface area contributed by atoms with Gasteiger partial charge < -0.3 is 4.90 Å². The highest BCUT2D eigenvalue weighted by atomic mass is 32.1. The van der Waals surface area contributed by atoms with Crippen LogP contribution >= 0.6 is 11.3 Å². The Balaban J connectivity index is 1.42. The molecule has 0 radical (unpaired) electrons. The van der Waals surface area contributed by atoms with Gasteiger partial charge in [-0.05, 0) is 57.8 Å². The van der Waals surface area contributed by atoms with E-state index in [1.165, 1.54) is 45.2 Å². The van der Waals surface area contributed by atoms with E-state index in [-0.39, 0.29) is 0 Å². The normalized spacial score (nSPS) is 20.7. The smallest absolute Gasteiger partial charge is 0.208 e. The first kappa shape index (κ1) is 17.4. The van der Waals surface area contributed by atoms with Gasteiger partial charge in [-0.15, -0.1) is 10.2 Å². The molecule has 0 bridgehead atoms. The first-order chi connectivity index (χ1) is 12.7. The van der Waals surface area contributed by atoms with E-state index >= 15 is 0 Å². The number of hydrogen-bond donors (Lipinski definition) is 0. The van der Waals surface area contributed by atoms with Crippen LogP contribution in [0.4, 0.5) is 5.13 Å². The van der Waals surface area contributed by atoms with Crippen molar-refractivity contribution in [1.29, 1.82) is 5.26 Å². The van der Waals surface area contributed by atoms with Crippen LogP contribution in [0.25, 0.3) is 10.6 Å². The fourth-order valence-electron chi connectivity index (χ4n) is 4.08. The van der Waals surface area contributed by atoms with E-state index in [9.17, 15) is 0 Å². The van der Waals surface area contributed by atoms with Crippen LogP contribution in [0.15, 0.2) is 24.3 Å². The average Bonchev–Trinajstić information content (AvgIpc) is 3.19. The molecule has 2 saturated heterocycles. The molecule has 0 spiro atoms. The van der Waals surface area contributed by atoms with Gasteiger partial charge in [0, 0.05) is 24.2 Å². The van der Waals surface area contributed by atoms with Gasteiger partial charge in [-0.2, -0.15) is 5.26 Å². The maximum Gasteiger partial charge on any atom is 0.208 e. The second-order valence-electron chi connectivity index (χ2n) is 7.61. The van der Waals surface area contributed by atoms with Crippen LogP contribution < -0.4 is 4.90 Å². The highest BCUT2D eigenvalue weighted by molar-refractivity contribution is 7.18. The number of piperidine rings is 2. The van der Waals surface area contributed by atoms with Gasteiger partial charge in [0.15, 0.2) is 0 Å². The van der Waals surface area contributed by atoms with E-state index in [0.717, 1.165) is 28.8 Å².